The molecule has 4 aromatic rings. The molecule has 0 aliphatic heterocycles. The molecule has 0 aliphatic carbocycles. The van der Waals surface area contributed by atoms with Gasteiger partial charge in [-0.3, -0.25) is 13.7 Å². The molecule has 0 spiro atoms. The van der Waals surface area contributed by atoms with Gasteiger partial charge in [0.05, 0.1) is 28.5 Å². The first-order valence-electron chi connectivity index (χ1n) is 10.2. The zero-order valence-corrected chi connectivity index (χ0v) is 20.3. The molecule has 0 unspecified atom stereocenters. The minimum Gasteiger partial charge on any atom is -0.480 e. The average Bonchev–Trinajstić information content (AvgIpc) is 3.24. The first kappa shape index (κ1) is 24.7. The third-order valence-corrected chi connectivity index (χ3v) is 7.08. The van der Waals surface area contributed by atoms with Crippen molar-refractivity contribution in [3.63, 3.8) is 0 Å². The molecule has 13 heteroatoms. The van der Waals surface area contributed by atoms with Gasteiger partial charge in [0.25, 0.3) is 10.0 Å². The number of nitrogens with two attached hydrogens (primary N) is 1. The van der Waals surface area contributed by atoms with Gasteiger partial charge in [-0.2, -0.15) is 0 Å². The summed E-state index contributed by atoms with van der Waals surface area (Å²) in [6, 6.07) is 10.3. The van der Waals surface area contributed by atoms with Gasteiger partial charge in [-0.05, 0) is 42.5 Å². The highest BCUT2D eigenvalue weighted by Crippen LogP contribution is 2.31. The maximum absolute atomic E-state index is 13.3. The number of sulfonamides is 1. The number of carboxylic acids is 1. The molecular formula is C22H19Cl2N5O5S. The number of hydrogen-bond acceptors (Lipinski definition) is 7. The fraction of sp³-hybridized carbons (Fsp3) is 0.136. The van der Waals surface area contributed by atoms with E-state index in [4.69, 9.17) is 33.7 Å². The monoisotopic (exact) mass is 535 g/mol. The van der Waals surface area contributed by atoms with Crippen LogP contribution in [0.15, 0.2) is 66.0 Å². The molecule has 2 aromatic carbocycles. The maximum Gasteiger partial charge on any atom is 0.324 e. The lowest BCUT2D eigenvalue weighted by atomic mass is 10.2. The summed E-state index contributed by atoms with van der Waals surface area (Å²) >= 11 is 12.0. The van der Waals surface area contributed by atoms with Crippen LogP contribution in [0.3, 0.4) is 0 Å². The largest absolute Gasteiger partial charge is 0.480 e. The molecule has 10 nitrogen and oxygen atoms in total. The molecule has 0 saturated heterocycles. The Morgan fingerprint density at radius 3 is 2.46 bits per heavy atom. The van der Waals surface area contributed by atoms with Crippen molar-refractivity contribution in [1.82, 2.24) is 14.5 Å². The lowest BCUT2D eigenvalue weighted by molar-refractivity contribution is -0.135. The van der Waals surface area contributed by atoms with Crippen molar-refractivity contribution < 1.29 is 23.1 Å². The Morgan fingerprint density at radius 2 is 1.83 bits per heavy atom. The zero-order chi connectivity index (χ0) is 25.2. The van der Waals surface area contributed by atoms with Crippen LogP contribution >= 0.6 is 23.2 Å². The van der Waals surface area contributed by atoms with Crippen molar-refractivity contribution >= 4 is 55.8 Å². The molecule has 0 fully saturated rings. The Balaban J connectivity index is 1.72. The summed E-state index contributed by atoms with van der Waals surface area (Å²) in [5, 5.41) is 10.3. The fourth-order valence-electron chi connectivity index (χ4n) is 3.40. The smallest absolute Gasteiger partial charge is 0.324 e. The molecule has 0 saturated carbocycles. The second-order valence-electron chi connectivity index (χ2n) is 7.29. The lowest BCUT2D eigenvalue weighted by Gasteiger charge is -2.23. The van der Waals surface area contributed by atoms with E-state index < -0.39 is 22.5 Å². The van der Waals surface area contributed by atoms with Crippen molar-refractivity contribution in [2.75, 3.05) is 24.0 Å². The highest BCUT2D eigenvalue weighted by atomic mass is 35.5. The van der Waals surface area contributed by atoms with Crippen LogP contribution < -0.4 is 14.8 Å². The van der Waals surface area contributed by atoms with Crippen LogP contribution in [-0.2, 0) is 14.8 Å². The molecule has 2 aromatic heterocycles. The standard InChI is InChI=1S/C22H19Cl2N5O5S/c23-15-8-16(24)10-18(9-15)35(32,33)29(13-22(30)31)17-1-2-19-14(7-17)3-5-28(19)20-11-27-21(12-26-20)34-6-4-25/h1-3,5,7-12H,4,6,13,25H2,(H,30,31). The number of hydrogen-bond donors (Lipinski definition) is 2. The zero-order valence-electron chi connectivity index (χ0n) is 18.0. The molecule has 0 radical (unpaired) electrons. The number of aromatic nitrogens is 3. The normalized spacial score (nSPS) is 11.5. The van der Waals surface area contributed by atoms with Crippen LogP contribution in [0.2, 0.25) is 10.0 Å². The second-order valence-corrected chi connectivity index (χ2v) is 10.0. The fourth-order valence-corrected chi connectivity index (χ4v) is 5.53. The Hall–Kier alpha value is -3.38. The van der Waals surface area contributed by atoms with E-state index in [1.54, 1.807) is 29.0 Å². The van der Waals surface area contributed by atoms with Gasteiger partial charge in [0.15, 0.2) is 5.82 Å². The maximum atomic E-state index is 13.3. The van der Waals surface area contributed by atoms with Gasteiger partial charge in [0.1, 0.15) is 13.2 Å². The highest BCUT2D eigenvalue weighted by Gasteiger charge is 2.28. The minimum absolute atomic E-state index is 0.111. The van der Waals surface area contributed by atoms with E-state index in [-0.39, 0.29) is 20.6 Å². The summed E-state index contributed by atoms with van der Waals surface area (Å²) in [4.78, 5) is 19.9. The van der Waals surface area contributed by atoms with E-state index in [2.05, 4.69) is 9.97 Å². The van der Waals surface area contributed by atoms with Crippen molar-refractivity contribution in [3.8, 4) is 11.7 Å². The number of nitrogens with zero attached hydrogens (tertiary/aromatic N) is 4. The van der Waals surface area contributed by atoms with E-state index in [0.717, 1.165) is 4.31 Å². The number of aliphatic carboxylic acids is 1. The van der Waals surface area contributed by atoms with E-state index in [1.807, 2.05) is 0 Å². The van der Waals surface area contributed by atoms with Crippen molar-refractivity contribution in [2.45, 2.75) is 4.90 Å². The van der Waals surface area contributed by atoms with Crippen molar-refractivity contribution in [2.24, 2.45) is 5.73 Å². The third-order valence-electron chi connectivity index (χ3n) is 4.89. The van der Waals surface area contributed by atoms with Gasteiger partial charge in [-0.1, -0.05) is 23.2 Å². The van der Waals surface area contributed by atoms with E-state index in [0.29, 0.717) is 35.8 Å². The predicted molar refractivity (Wildman–Crippen MR) is 132 cm³/mol. The molecule has 35 heavy (non-hydrogen) atoms. The number of fused-ring (bicyclic) bond motifs is 1. The second kappa shape index (κ2) is 10.1. The lowest BCUT2D eigenvalue weighted by Crippen LogP contribution is -2.35. The van der Waals surface area contributed by atoms with Crippen LogP contribution in [0.4, 0.5) is 5.69 Å². The van der Waals surface area contributed by atoms with Gasteiger partial charge in [0, 0.05) is 28.2 Å². The average molecular weight is 536 g/mol. The molecule has 0 bridgehead atoms. The van der Waals surface area contributed by atoms with E-state index in [1.165, 1.54) is 36.7 Å². The predicted octanol–water partition coefficient (Wildman–Crippen LogP) is 3.34. The van der Waals surface area contributed by atoms with Gasteiger partial charge in [-0.25, -0.2) is 18.4 Å². The Labute approximate surface area is 210 Å². The number of halogens is 2. The Morgan fingerprint density at radius 1 is 1.09 bits per heavy atom. The van der Waals surface area contributed by atoms with E-state index >= 15 is 0 Å². The number of benzene rings is 2. The Kier molecular flexibility index (Phi) is 7.13. The van der Waals surface area contributed by atoms with Gasteiger partial charge >= 0.3 is 5.97 Å². The van der Waals surface area contributed by atoms with Crippen LogP contribution in [-0.4, -0.2) is 53.7 Å². The summed E-state index contributed by atoms with van der Waals surface area (Å²) in [7, 11) is -4.29. The van der Waals surface area contributed by atoms with E-state index in [9.17, 15) is 18.3 Å². The van der Waals surface area contributed by atoms with Crippen LogP contribution in [0, 0.1) is 0 Å². The summed E-state index contributed by atoms with van der Waals surface area (Å²) in [6.07, 6.45) is 4.75. The number of rotatable bonds is 9. The first-order valence-corrected chi connectivity index (χ1v) is 12.4. The molecule has 4 rings (SSSR count). The number of ether oxygens (including phenoxy) is 1. The van der Waals surface area contributed by atoms with Gasteiger partial charge in [-0.15, -0.1) is 0 Å². The van der Waals surface area contributed by atoms with Crippen LogP contribution in [0.1, 0.15) is 0 Å². The highest BCUT2D eigenvalue weighted by molar-refractivity contribution is 7.92. The molecule has 182 valence electrons. The quantitative estimate of drug-likeness (QED) is 0.332. The summed E-state index contributed by atoms with van der Waals surface area (Å²) in [6.45, 7) is -0.123. The number of carbonyl (C=O) groups is 1. The minimum atomic E-state index is -4.29. The molecular weight excluding hydrogens is 517 g/mol. The van der Waals surface area contributed by atoms with Crippen LogP contribution in [0.5, 0.6) is 5.88 Å². The molecule has 3 N–H and O–H groups in total. The van der Waals surface area contributed by atoms with Crippen LogP contribution in [0.25, 0.3) is 16.7 Å². The van der Waals surface area contributed by atoms with Gasteiger partial charge < -0.3 is 15.6 Å². The van der Waals surface area contributed by atoms with Gasteiger partial charge in [0.2, 0.25) is 5.88 Å². The number of anilines is 1. The first-order chi connectivity index (χ1) is 16.7. The molecule has 0 aliphatic rings. The molecule has 2 heterocycles. The number of carboxylic acid groups (broad SMARTS) is 1. The summed E-state index contributed by atoms with van der Waals surface area (Å²) in [5.74, 6) is -0.475. The summed E-state index contributed by atoms with van der Waals surface area (Å²) < 4.78 is 34.6. The summed E-state index contributed by atoms with van der Waals surface area (Å²) in [5.41, 5.74) is 6.28. The molecule has 0 amide bonds. The molecule has 0 atom stereocenters. The SMILES string of the molecule is NCCOc1cnc(-n2ccc3cc(N(CC(=O)O)S(=O)(=O)c4cc(Cl)cc(Cl)c4)ccc32)cn1. The van der Waals surface area contributed by atoms with Crippen molar-refractivity contribution in [1.29, 1.82) is 0 Å². The third kappa shape index (κ3) is 5.33. The Bertz CT molecular complexity index is 1470. The topological polar surface area (TPSA) is 141 Å². The van der Waals surface area contributed by atoms with Crippen molar-refractivity contribution in [3.05, 3.63) is 71.1 Å².